The predicted octanol–water partition coefficient (Wildman–Crippen LogP) is 1.03. The molecule has 1 aliphatic rings. The summed E-state index contributed by atoms with van der Waals surface area (Å²) in [7, 11) is -3.28. The van der Waals surface area contributed by atoms with E-state index in [4.69, 9.17) is 0 Å². The van der Waals surface area contributed by atoms with E-state index < -0.39 is 10.1 Å². The van der Waals surface area contributed by atoms with Gasteiger partial charge in [-0.25, -0.2) is 0 Å². The first kappa shape index (κ1) is 7.60. The Morgan fingerprint density at radius 3 is 3.00 bits per heavy atom. The molecule has 0 saturated carbocycles. The standard InChI is InChI=1S/C6H10O3S/c1-6-4-2-3-5-9-10(6,7)8/h3,5-6H,2,4H2,1H3. The van der Waals surface area contributed by atoms with Crippen LogP contribution in [0.4, 0.5) is 0 Å². The Hall–Kier alpha value is -0.510. The van der Waals surface area contributed by atoms with Crippen molar-refractivity contribution >= 4 is 10.1 Å². The van der Waals surface area contributed by atoms with Gasteiger partial charge in [0.2, 0.25) is 0 Å². The highest BCUT2D eigenvalue weighted by Crippen LogP contribution is 2.14. The van der Waals surface area contributed by atoms with Crippen molar-refractivity contribution in [2.45, 2.75) is 25.0 Å². The summed E-state index contributed by atoms with van der Waals surface area (Å²) >= 11 is 0. The fourth-order valence-corrected chi connectivity index (χ4v) is 1.60. The van der Waals surface area contributed by atoms with Gasteiger partial charge in [-0.15, -0.1) is 0 Å². The van der Waals surface area contributed by atoms with Gasteiger partial charge in [0.05, 0.1) is 5.25 Å². The molecule has 1 atom stereocenters. The Kier molecular flexibility index (Phi) is 1.99. The molecule has 1 heterocycles. The van der Waals surface area contributed by atoms with Crippen LogP contribution >= 0.6 is 0 Å². The van der Waals surface area contributed by atoms with Crippen molar-refractivity contribution in [3.8, 4) is 0 Å². The average Bonchev–Trinajstić information content (AvgIpc) is 1.96. The maximum absolute atomic E-state index is 10.9. The summed E-state index contributed by atoms with van der Waals surface area (Å²) in [6.07, 6.45) is 4.40. The van der Waals surface area contributed by atoms with Crippen LogP contribution in [-0.2, 0) is 14.3 Å². The fourth-order valence-electron chi connectivity index (χ4n) is 0.755. The van der Waals surface area contributed by atoms with Crippen molar-refractivity contribution in [3.63, 3.8) is 0 Å². The van der Waals surface area contributed by atoms with Gasteiger partial charge in [-0.05, 0) is 25.8 Å². The molecule has 1 rings (SSSR count). The van der Waals surface area contributed by atoms with Crippen LogP contribution in [0.25, 0.3) is 0 Å². The van der Waals surface area contributed by atoms with Gasteiger partial charge in [0.25, 0.3) is 0 Å². The lowest BCUT2D eigenvalue weighted by molar-refractivity contribution is 0.436. The number of hydrogen-bond donors (Lipinski definition) is 0. The van der Waals surface area contributed by atoms with Crippen LogP contribution < -0.4 is 0 Å². The summed E-state index contributed by atoms with van der Waals surface area (Å²) in [4.78, 5) is 0. The Morgan fingerprint density at radius 2 is 2.30 bits per heavy atom. The van der Waals surface area contributed by atoms with E-state index in [1.54, 1.807) is 13.0 Å². The number of hydrogen-bond acceptors (Lipinski definition) is 3. The Balaban J connectivity index is 2.82. The van der Waals surface area contributed by atoms with E-state index in [-0.39, 0.29) is 5.25 Å². The molecular weight excluding hydrogens is 152 g/mol. The normalized spacial score (nSPS) is 30.7. The zero-order valence-corrected chi connectivity index (χ0v) is 6.60. The quantitative estimate of drug-likeness (QED) is 0.500. The molecule has 0 saturated heterocycles. The van der Waals surface area contributed by atoms with Crippen LogP contribution in [0, 0.1) is 0 Å². The van der Waals surface area contributed by atoms with Gasteiger partial charge in [-0.3, -0.25) is 0 Å². The molecular formula is C6H10O3S. The summed E-state index contributed by atoms with van der Waals surface area (Å²) in [5.41, 5.74) is 0. The lowest BCUT2D eigenvalue weighted by atomic mass is 10.2. The third-order valence-electron chi connectivity index (χ3n) is 1.52. The van der Waals surface area contributed by atoms with Gasteiger partial charge in [0.1, 0.15) is 6.26 Å². The lowest BCUT2D eigenvalue weighted by Gasteiger charge is -2.06. The highest BCUT2D eigenvalue weighted by atomic mass is 32.2. The number of rotatable bonds is 0. The van der Waals surface area contributed by atoms with Gasteiger partial charge in [-0.1, -0.05) is 0 Å². The van der Waals surface area contributed by atoms with E-state index >= 15 is 0 Å². The minimum absolute atomic E-state index is 0.373. The Bertz CT molecular complexity index is 227. The van der Waals surface area contributed by atoms with Crippen molar-refractivity contribution < 1.29 is 12.6 Å². The molecule has 10 heavy (non-hydrogen) atoms. The smallest absolute Gasteiger partial charge is 0.311 e. The SMILES string of the molecule is CC1CCC=COS1(=O)=O. The molecule has 1 aliphatic heterocycles. The van der Waals surface area contributed by atoms with E-state index in [1.165, 1.54) is 6.26 Å². The summed E-state index contributed by atoms with van der Waals surface area (Å²) < 4.78 is 26.4. The van der Waals surface area contributed by atoms with Crippen molar-refractivity contribution in [3.05, 3.63) is 12.3 Å². The molecule has 0 amide bonds. The summed E-state index contributed by atoms with van der Waals surface area (Å²) in [5.74, 6) is 0. The van der Waals surface area contributed by atoms with Crippen molar-refractivity contribution in [2.75, 3.05) is 0 Å². The van der Waals surface area contributed by atoms with E-state index in [0.29, 0.717) is 6.42 Å². The first-order chi connectivity index (χ1) is 4.63. The zero-order valence-electron chi connectivity index (χ0n) is 5.78. The molecule has 0 aromatic heterocycles. The van der Waals surface area contributed by atoms with E-state index in [2.05, 4.69) is 4.18 Å². The fraction of sp³-hybridized carbons (Fsp3) is 0.667. The monoisotopic (exact) mass is 162 g/mol. The van der Waals surface area contributed by atoms with Crippen LogP contribution in [0.3, 0.4) is 0 Å². The molecule has 0 spiro atoms. The number of allylic oxidation sites excluding steroid dienone is 1. The second-order valence-electron chi connectivity index (χ2n) is 2.35. The van der Waals surface area contributed by atoms with Gasteiger partial charge in [-0.2, -0.15) is 8.42 Å². The minimum Gasteiger partial charge on any atom is -0.391 e. The Morgan fingerprint density at radius 1 is 1.60 bits per heavy atom. The van der Waals surface area contributed by atoms with E-state index in [0.717, 1.165) is 6.42 Å². The molecule has 4 heteroatoms. The van der Waals surface area contributed by atoms with Crippen LogP contribution in [0.15, 0.2) is 12.3 Å². The minimum atomic E-state index is -3.28. The molecule has 0 fully saturated rings. The largest absolute Gasteiger partial charge is 0.391 e. The van der Waals surface area contributed by atoms with Crippen molar-refractivity contribution in [1.29, 1.82) is 0 Å². The van der Waals surface area contributed by atoms with Gasteiger partial charge in [0.15, 0.2) is 0 Å². The topological polar surface area (TPSA) is 43.4 Å². The first-order valence-corrected chi connectivity index (χ1v) is 4.67. The maximum atomic E-state index is 10.9. The lowest BCUT2D eigenvalue weighted by Crippen LogP contribution is -2.16. The average molecular weight is 162 g/mol. The molecule has 0 aliphatic carbocycles. The van der Waals surface area contributed by atoms with Gasteiger partial charge >= 0.3 is 10.1 Å². The molecule has 0 aromatic rings. The third kappa shape index (κ3) is 1.50. The summed E-state index contributed by atoms with van der Waals surface area (Å²) in [6.45, 7) is 1.66. The molecule has 3 nitrogen and oxygen atoms in total. The Labute approximate surface area is 60.8 Å². The van der Waals surface area contributed by atoms with Crippen LogP contribution in [-0.4, -0.2) is 13.7 Å². The van der Waals surface area contributed by atoms with Crippen molar-refractivity contribution in [1.82, 2.24) is 0 Å². The van der Waals surface area contributed by atoms with Crippen molar-refractivity contribution in [2.24, 2.45) is 0 Å². The molecule has 0 bridgehead atoms. The highest BCUT2D eigenvalue weighted by Gasteiger charge is 2.21. The van der Waals surface area contributed by atoms with Crippen LogP contribution in [0.5, 0.6) is 0 Å². The van der Waals surface area contributed by atoms with Gasteiger partial charge < -0.3 is 4.18 Å². The second kappa shape index (κ2) is 2.62. The van der Waals surface area contributed by atoms with Crippen LogP contribution in [0.2, 0.25) is 0 Å². The van der Waals surface area contributed by atoms with E-state index in [1.807, 2.05) is 0 Å². The highest BCUT2D eigenvalue weighted by molar-refractivity contribution is 7.87. The predicted molar refractivity (Wildman–Crippen MR) is 37.8 cm³/mol. The van der Waals surface area contributed by atoms with Crippen LogP contribution in [0.1, 0.15) is 19.8 Å². The van der Waals surface area contributed by atoms with Gasteiger partial charge in [0, 0.05) is 0 Å². The summed E-state index contributed by atoms with van der Waals surface area (Å²) in [5, 5.41) is -0.373. The molecule has 0 N–H and O–H groups in total. The van der Waals surface area contributed by atoms with E-state index in [9.17, 15) is 8.42 Å². The maximum Gasteiger partial charge on any atom is 0.311 e. The second-order valence-corrected chi connectivity index (χ2v) is 4.33. The molecule has 58 valence electrons. The molecule has 0 radical (unpaired) electrons. The molecule has 1 unspecified atom stereocenters. The molecule has 0 aromatic carbocycles. The summed E-state index contributed by atoms with van der Waals surface area (Å²) in [6, 6.07) is 0. The first-order valence-electron chi connectivity index (χ1n) is 3.20. The third-order valence-corrected chi connectivity index (χ3v) is 3.12. The zero-order chi connectivity index (χ0) is 7.61.